The SMILES string of the molecule is NC(=O)CCC(NC(=O)Nc1cccc(Cl)c1Cl)C(=O)O. The van der Waals surface area contributed by atoms with Crippen molar-refractivity contribution >= 4 is 46.8 Å². The van der Waals surface area contributed by atoms with Crippen LogP contribution in [-0.2, 0) is 9.59 Å². The number of aliphatic carboxylic acids is 1. The second-order valence-corrected chi connectivity index (χ2v) is 4.88. The summed E-state index contributed by atoms with van der Waals surface area (Å²) in [5, 5.41) is 13.9. The van der Waals surface area contributed by atoms with E-state index in [2.05, 4.69) is 10.6 Å². The van der Waals surface area contributed by atoms with Gasteiger partial charge in [0, 0.05) is 6.42 Å². The van der Waals surface area contributed by atoms with Gasteiger partial charge in [0.15, 0.2) is 0 Å². The lowest BCUT2D eigenvalue weighted by molar-refractivity contribution is -0.139. The molecule has 3 amide bonds. The molecule has 0 aromatic heterocycles. The first kappa shape index (κ1) is 17.1. The summed E-state index contributed by atoms with van der Waals surface area (Å²) >= 11 is 11.7. The number of benzene rings is 1. The number of nitrogens with one attached hydrogen (secondary N) is 2. The maximum Gasteiger partial charge on any atom is 0.326 e. The van der Waals surface area contributed by atoms with Gasteiger partial charge in [0.1, 0.15) is 6.04 Å². The number of primary amides is 1. The van der Waals surface area contributed by atoms with Gasteiger partial charge < -0.3 is 21.5 Å². The Morgan fingerprint density at radius 3 is 2.52 bits per heavy atom. The molecule has 0 saturated heterocycles. The minimum Gasteiger partial charge on any atom is -0.480 e. The second kappa shape index (κ2) is 7.70. The first-order chi connectivity index (χ1) is 9.81. The predicted octanol–water partition coefficient (Wildman–Crippen LogP) is 1.83. The van der Waals surface area contributed by atoms with Gasteiger partial charge in [-0.3, -0.25) is 4.79 Å². The van der Waals surface area contributed by atoms with E-state index in [9.17, 15) is 14.4 Å². The van der Waals surface area contributed by atoms with Crippen molar-refractivity contribution in [3.05, 3.63) is 28.2 Å². The number of hydrogen-bond donors (Lipinski definition) is 4. The van der Waals surface area contributed by atoms with E-state index in [-0.39, 0.29) is 28.6 Å². The van der Waals surface area contributed by atoms with Gasteiger partial charge in [-0.2, -0.15) is 0 Å². The van der Waals surface area contributed by atoms with Gasteiger partial charge >= 0.3 is 12.0 Å². The minimum absolute atomic E-state index is 0.110. The number of hydrogen-bond acceptors (Lipinski definition) is 3. The lowest BCUT2D eigenvalue weighted by Gasteiger charge is -2.15. The van der Waals surface area contributed by atoms with Crippen LogP contribution in [0.4, 0.5) is 10.5 Å². The van der Waals surface area contributed by atoms with Gasteiger partial charge in [-0.25, -0.2) is 9.59 Å². The number of carbonyl (C=O) groups excluding carboxylic acids is 2. The Hall–Kier alpha value is -1.99. The molecular weight excluding hydrogens is 321 g/mol. The summed E-state index contributed by atoms with van der Waals surface area (Å²) in [5.74, 6) is -1.93. The summed E-state index contributed by atoms with van der Waals surface area (Å²) in [5.41, 5.74) is 5.18. The van der Waals surface area contributed by atoms with Crippen LogP contribution in [0.1, 0.15) is 12.8 Å². The number of carboxylic acid groups (broad SMARTS) is 1. The highest BCUT2D eigenvalue weighted by atomic mass is 35.5. The lowest BCUT2D eigenvalue weighted by atomic mass is 10.1. The molecule has 0 aliphatic rings. The molecule has 1 aromatic carbocycles. The van der Waals surface area contributed by atoms with Crippen LogP contribution in [0.5, 0.6) is 0 Å². The van der Waals surface area contributed by atoms with Crippen LogP contribution in [0, 0.1) is 0 Å². The predicted molar refractivity (Wildman–Crippen MR) is 78.5 cm³/mol. The third kappa shape index (κ3) is 5.49. The van der Waals surface area contributed by atoms with Crippen molar-refractivity contribution in [1.29, 1.82) is 0 Å². The highest BCUT2D eigenvalue weighted by Gasteiger charge is 2.21. The highest BCUT2D eigenvalue weighted by molar-refractivity contribution is 6.43. The molecule has 7 nitrogen and oxygen atoms in total. The van der Waals surface area contributed by atoms with E-state index in [1.165, 1.54) is 6.07 Å². The quantitative estimate of drug-likeness (QED) is 0.634. The maximum absolute atomic E-state index is 11.7. The fourth-order valence-electron chi connectivity index (χ4n) is 1.46. The fraction of sp³-hybridized carbons (Fsp3) is 0.250. The van der Waals surface area contributed by atoms with Crippen LogP contribution >= 0.6 is 23.2 Å². The van der Waals surface area contributed by atoms with Crippen LogP contribution in [-0.4, -0.2) is 29.1 Å². The average Bonchev–Trinajstić information content (AvgIpc) is 2.39. The van der Waals surface area contributed by atoms with Gasteiger partial charge in [0.2, 0.25) is 5.91 Å². The Bertz CT molecular complexity index is 565. The second-order valence-electron chi connectivity index (χ2n) is 4.10. The number of halogens is 2. The van der Waals surface area contributed by atoms with Crippen molar-refractivity contribution in [2.75, 3.05) is 5.32 Å². The largest absolute Gasteiger partial charge is 0.480 e. The molecule has 0 radical (unpaired) electrons. The summed E-state index contributed by atoms with van der Waals surface area (Å²) in [6.07, 6.45) is -0.267. The number of carboxylic acids is 1. The number of urea groups is 1. The summed E-state index contributed by atoms with van der Waals surface area (Å²) in [4.78, 5) is 33.4. The van der Waals surface area contributed by atoms with Crippen LogP contribution in [0.15, 0.2) is 18.2 Å². The molecule has 21 heavy (non-hydrogen) atoms. The summed E-state index contributed by atoms with van der Waals surface area (Å²) < 4.78 is 0. The Kier molecular flexibility index (Phi) is 6.26. The van der Waals surface area contributed by atoms with E-state index in [1.54, 1.807) is 12.1 Å². The van der Waals surface area contributed by atoms with Crippen LogP contribution in [0.25, 0.3) is 0 Å². The molecule has 0 bridgehead atoms. The Balaban J connectivity index is 2.67. The molecule has 0 aliphatic heterocycles. The van der Waals surface area contributed by atoms with Crippen LogP contribution in [0.3, 0.4) is 0 Å². The zero-order chi connectivity index (χ0) is 16.0. The van der Waals surface area contributed by atoms with Crippen LogP contribution in [0.2, 0.25) is 10.0 Å². The van der Waals surface area contributed by atoms with Crippen LogP contribution < -0.4 is 16.4 Å². The first-order valence-electron chi connectivity index (χ1n) is 5.84. The van der Waals surface area contributed by atoms with Crippen molar-refractivity contribution in [3.63, 3.8) is 0 Å². The van der Waals surface area contributed by atoms with Gasteiger partial charge in [0.25, 0.3) is 0 Å². The summed E-state index contributed by atoms with van der Waals surface area (Å²) in [6, 6.07) is 2.60. The molecule has 0 fully saturated rings. The normalized spacial score (nSPS) is 11.5. The smallest absolute Gasteiger partial charge is 0.326 e. The Labute approximate surface area is 130 Å². The standard InChI is InChI=1S/C12H13Cl2N3O4/c13-6-2-1-3-7(10(6)14)16-12(21)17-8(11(19)20)4-5-9(15)18/h1-3,8H,4-5H2,(H2,15,18)(H,19,20)(H2,16,17,21). The number of anilines is 1. The fourth-order valence-corrected chi connectivity index (χ4v) is 1.81. The molecule has 1 unspecified atom stereocenters. The lowest BCUT2D eigenvalue weighted by Crippen LogP contribution is -2.43. The topological polar surface area (TPSA) is 122 Å². The number of amides is 3. The van der Waals surface area contributed by atoms with Crippen molar-refractivity contribution in [1.82, 2.24) is 5.32 Å². The first-order valence-corrected chi connectivity index (χ1v) is 6.59. The molecule has 5 N–H and O–H groups in total. The zero-order valence-electron chi connectivity index (χ0n) is 10.7. The molecule has 1 rings (SSSR count). The number of nitrogens with two attached hydrogens (primary N) is 1. The molecule has 0 aliphatic carbocycles. The van der Waals surface area contributed by atoms with Gasteiger partial charge in [0.05, 0.1) is 15.7 Å². The molecule has 9 heteroatoms. The molecule has 114 valence electrons. The van der Waals surface area contributed by atoms with Crippen molar-refractivity contribution in [3.8, 4) is 0 Å². The molecule has 0 spiro atoms. The zero-order valence-corrected chi connectivity index (χ0v) is 12.2. The van der Waals surface area contributed by atoms with E-state index in [1.807, 2.05) is 0 Å². The van der Waals surface area contributed by atoms with E-state index in [0.29, 0.717) is 0 Å². The number of carbonyl (C=O) groups is 3. The third-order valence-electron chi connectivity index (χ3n) is 2.48. The molecule has 0 saturated carbocycles. The van der Waals surface area contributed by atoms with E-state index < -0.39 is 23.9 Å². The van der Waals surface area contributed by atoms with Gasteiger partial charge in [-0.1, -0.05) is 29.3 Å². The average molecular weight is 334 g/mol. The van der Waals surface area contributed by atoms with Crippen molar-refractivity contribution < 1.29 is 19.5 Å². The van der Waals surface area contributed by atoms with Crippen molar-refractivity contribution in [2.45, 2.75) is 18.9 Å². The Morgan fingerprint density at radius 1 is 1.29 bits per heavy atom. The van der Waals surface area contributed by atoms with E-state index >= 15 is 0 Å². The monoisotopic (exact) mass is 333 g/mol. The third-order valence-corrected chi connectivity index (χ3v) is 3.30. The molecule has 1 aromatic rings. The van der Waals surface area contributed by atoms with Crippen molar-refractivity contribution in [2.24, 2.45) is 5.73 Å². The summed E-state index contributed by atoms with van der Waals surface area (Å²) in [7, 11) is 0. The molecule has 0 heterocycles. The van der Waals surface area contributed by atoms with Gasteiger partial charge in [-0.05, 0) is 18.6 Å². The molecular formula is C12H13Cl2N3O4. The number of rotatable bonds is 6. The Morgan fingerprint density at radius 2 is 1.95 bits per heavy atom. The highest BCUT2D eigenvalue weighted by Crippen LogP contribution is 2.29. The van der Waals surface area contributed by atoms with Gasteiger partial charge in [-0.15, -0.1) is 0 Å². The maximum atomic E-state index is 11.7. The molecule has 1 atom stereocenters. The van der Waals surface area contributed by atoms with E-state index in [0.717, 1.165) is 0 Å². The minimum atomic E-state index is -1.27. The summed E-state index contributed by atoms with van der Waals surface area (Å²) in [6.45, 7) is 0. The van der Waals surface area contributed by atoms with E-state index in [4.69, 9.17) is 34.0 Å².